The molecule has 19 heavy (non-hydrogen) atoms. The number of amides is 1. The number of rotatable bonds is 5. The third-order valence-electron chi connectivity index (χ3n) is 4.81. The summed E-state index contributed by atoms with van der Waals surface area (Å²) in [5.74, 6) is 1.09. The van der Waals surface area contributed by atoms with Gasteiger partial charge < -0.3 is 15.8 Å². The minimum Gasteiger partial charge on any atom is -0.379 e. The van der Waals surface area contributed by atoms with Crippen LogP contribution in [0.5, 0.6) is 0 Å². The van der Waals surface area contributed by atoms with E-state index in [0.29, 0.717) is 5.92 Å². The van der Waals surface area contributed by atoms with E-state index in [0.717, 1.165) is 45.1 Å². The van der Waals surface area contributed by atoms with Crippen LogP contribution in [-0.4, -0.2) is 31.7 Å². The zero-order chi connectivity index (χ0) is 13.7. The molecule has 4 atom stereocenters. The first-order valence-electron chi connectivity index (χ1n) is 7.77. The Balaban J connectivity index is 1.82. The lowest BCUT2D eigenvalue weighted by Gasteiger charge is -2.30. The average molecular weight is 268 g/mol. The van der Waals surface area contributed by atoms with Gasteiger partial charge in [-0.3, -0.25) is 4.79 Å². The molecule has 0 radical (unpaired) electrons. The molecule has 2 aliphatic carbocycles. The van der Waals surface area contributed by atoms with Crippen LogP contribution in [0.25, 0.3) is 0 Å². The quantitative estimate of drug-likeness (QED) is 0.799. The van der Waals surface area contributed by atoms with Crippen LogP contribution in [0.1, 0.15) is 51.4 Å². The van der Waals surface area contributed by atoms with Gasteiger partial charge in [0.2, 0.25) is 5.91 Å². The molecule has 0 spiro atoms. The number of carbonyl (C=O) groups excluding carboxylic acids is 1. The fourth-order valence-corrected chi connectivity index (χ4v) is 3.70. The highest BCUT2D eigenvalue weighted by atomic mass is 16.5. The molecule has 2 rings (SSSR count). The maximum Gasteiger partial charge on any atom is 0.223 e. The molecule has 0 aromatic heterocycles. The monoisotopic (exact) mass is 268 g/mol. The molecule has 2 fully saturated rings. The lowest BCUT2D eigenvalue weighted by molar-refractivity contribution is -0.128. The first-order chi connectivity index (χ1) is 9.24. The summed E-state index contributed by atoms with van der Waals surface area (Å²) in [7, 11) is 1.74. The highest BCUT2D eigenvalue weighted by molar-refractivity contribution is 5.79. The molecule has 4 nitrogen and oxygen atoms in total. The van der Waals surface area contributed by atoms with Crippen LogP contribution in [0.2, 0.25) is 0 Å². The molecular formula is C15H28N2O2. The molecule has 2 aliphatic rings. The van der Waals surface area contributed by atoms with E-state index in [2.05, 4.69) is 5.32 Å². The van der Waals surface area contributed by atoms with Gasteiger partial charge in [-0.25, -0.2) is 0 Å². The second kappa shape index (κ2) is 7.25. The van der Waals surface area contributed by atoms with Gasteiger partial charge in [-0.2, -0.15) is 0 Å². The van der Waals surface area contributed by atoms with E-state index < -0.39 is 0 Å². The van der Waals surface area contributed by atoms with Gasteiger partial charge in [-0.05, 0) is 51.0 Å². The molecule has 0 saturated heterocycles. The predicted octanol–water partition coefficient (Wildman–Crippen LogP) is 1.83. The van der Waals surface area contributed by atoms with Crippen LogP contribution in [-0.2, 0) is 9.53 Å². The van der Waals surface area contributed by atoms with E-state index >= 15 is 0 Å². The Kier molecular flexibility index (Phi) is 5.64. The Hall–Kier alpha value is -0.610. The molecule has 0 aromatic rings. The van der Waals surface area contributed by atoms with Crippen molar-refractivity contribution in [1.29, 1.82) is 0 Å². The number of ether oxygens (including phenoxy) is 1. The van der Waals surface area contributed by atoms with E-state index in [-0.39, 0.29) is 24.0 Å². The Morgan fingerprint density at radius 1 is 1.26 bits per heavy atom. The highest BCUT2D eigenvalue weighted by Gasteiger charge is 2.32. The molecule has 2 saturated carbocycles. The largest absolute Gasteiger partial charge is 0.379 e. The minimum absolute atomic E-state index is 0.198. The summed E-state index contributed by atoms with van der Waals surface area (Å²) in [5.41, 5.74) is 5.63. The summed E-state index contributed by atoms with van der Waals surface area (Å²) in [6.07, 6.45) is 9.03. The van der Waals surface area contributed by atoms with Crippen molar-refractivity contribution in [2.75, 3.05) is 13.7 Å². The maximum absolute atomic E-state index is 12.4. The molecule has 4 heteroatoms. The number of hydrogen-bond donors (Lipinski definition) is 2. The SMILES string of the molecule is COC1CCCC1NC(=O)C1CCCC(CCN)C1. The van der Waals surface area contributed by atoms with Crippen molar-refractivity contribution in [3.05, 3.63) is 0 Å². The van der Waals surface area contributed by atoms with Gasteiger partial charge in [0.1, 0.15) is 0 Å². The molecule has 0 heterocycles. The summed E-state index contributed by atoms with van der Waals surface area (Å²) in [6.45, 7) is 0.743. The standard InChI is InChI=1S/C15H28N2O2/c1-19-14-7-3-6-13(14)17-15(18)12-5-2-4-11(10-12)8-9-16/h11-14H,2-10,16H2,1H3,(H,17,18). The number of nitrogens with one attached hydrogen (secondary N) is 1. The van der Waals surface area contributed by atoms with Gasteiger partial charge in [-0.15, -0.1) is 0 Å². The van der Waals surface area contributed by atoms with Gasteiger partial charge in [0.05, 0.1) is 12.1 Å². The minimum atomic E-state index is 0.198. The van der Waals surface area contributed by atoms with Crippen molar-refractivity contribution in [1.82, 2.24) is 5.32 Å². The topological polar surface area (TPSA) is 64.3 Å². The highest BCUT2D eigenvalue weighted by Crippen LogP contribution is 2.31. The first-order valence-corrected chi connectivity index (χ1v) is 7.77. The van der Waals surface area contributed by atoms with E-state index in [1.807, 2.05) is 0 Å². The average Bonchev–Trinajstić information content (AvgIpc) is 2.86. The molecule has 0 aromatic carbocycles. The maximum atomic E-state index is 12.4. The van der Waals surface area contributed by atoms with Crippen molar-refractivity contribution in [2.24, 2.45) is 17.6 Å². The van der Waals surface area contributed by atoms with Crippen molar-refractivity contribution in [3.63, 3.8) is 0 Å². The molecule has 4 unspecified atom stereocenters. The van der Waals surface area contributed by atoms with Crippen LogP contribution in [0, 0.1) is 11.8 Å². The smallest absolute Gasteiger partial charge is 0.223 e. The Morgan fingerprint density at radius 2 is 2.05 bits per heavy atom. The van der Waals surface area contributed by atoms with Crippen molar-refractivity contribution < 1.29 is 9.53 Å². The molecule has 110 valence electrons. The zero-order valence-corrected chi connectivity index (χ0v) is 12.1. The fourth-order valence-electron chi connectivity index (χ4n) is 3.70. The van der Waals surface area contributed by atoms with E-state index in [1.165, 1.54) is 12.8 Å². The fraction of sp³-hybridized carbons (Fsp3) is 0.933. The van der Waals surface area contributed by atoms with E-state index in [4.69, 9.17) is 10.5 Å². The van der Waals surface area contributed by atoms with Crippen LogP contribution < -0.4 is 11.1 Å². The van der Waals surface area contributed by atoms with Crippen LogP contribution in [0.4, 0.5) is 0 Å². The summed E-state index contributed by atoms with van der Waals surface area (Å²) >= 11 is 0. The summed E-state index contributed by atoms with van der Waals surface area (Å²) in [5, 5.41) is 3.22. The normalized spacial score (nSPS) is 35.3. The van der Waals surface area contributed by atoms with Crippen molar-refractivity contribution in [3.8, 4) is 0 Å². The third kappa shape index (κ3) is 3.93. The second-order valence-electron chi connectivity index (χ2n) is 6.13. The lowest BCUT2D eigenvalue weighted by Crippen LogP contribution is -2.44. The molecular weight excluding hydrogens is 240 g/mol. The van der Waals surface area contributed by atoms with Gasteiger partial charge in [0, 0.05) is 13.0 Å². The van der Waals surface area contributed by atoms with E-state index in [9.17, 15) is 4.79 Å². The Morgan fingerprint density at radius 3 is 2.79 bits per heavy atom. The summed E-state index contributed by atoms with van der Waals surface area (Å²) < 4.78 is 5.44. The molecule has 1 amide bonds. The molecule has 3 N–H and O–H groups in total. The van der Waals surface area contributed by atoms with Gasteiger partial charge >= 0.3 is 0 Å². The van der Waals surface area contributed by atoms with Gasteiger partial charge in [0.25, 0.3) is 0 Å². The second-order valence-corrected chi connectivity index (χ2v) is 6.13. The Labute approximate surface area is 116 Å². The number of carbonyl (C=O) groups is 1. The van der Waals surface area contributed by atoms with Crippen LogP contribution >= 0.6 is 0 Å². The van der Waals surface area contributed by atoms with Gasteiger partial charge in [-0.1, -0.05) is 12.8 Å². The van der Waals surface area contributed by atoms with Crippen LogP contribution in [0.3, 0.4) is 0 Å². The van der Waals surface area contributed by atoms with Crippen LogP contribution in [0.15, 0.2) is 0 Å². The first kappa shape index (κ1) is 14.8. The lowest BCUT2D eigenvalue weighted by atomic mass is 9.79. The zero-order valence-electron chi connectivity index (χ0n) is 12.1. The number of hydrogen-bond acceptors (Lipinski definition) is 3. The predicted molar refractivity (Wildman–Crippen MR) is 75.7 cm³/mol. The summed E-state index contributed by atoms with van der Waals surface area (Å²) in [6, 6.07) is 0.229. The van der Waals surface area contributed by atoms with Crippen molar-refractivity contribution in [2.45, 2.75) is 63.5 Å². The molecule has 0 bridgehead atoms. The van der Waals surface area contributed by atoms with Gasteiger partial charge in [0.15, 0.2) is 0 Å². The van der Waals surface area contributed by atoms with E-state index in [1.54, 1.807) is 7.11 Å². The molecule has 0 aliphatic heterocycles. The number of nitrogens with two attached hydrogens (primary N) is 1. The summed E-state index contributed by atoms with van der Waals surface area (Å²) in [4.78, 5) is 12.4. The number of methoxy groups -OCH3 is 1. The Bertz CT molecular complexity index is 294. The van der Waals surface area contributed by atoms with Crippen molar-refractivity contribution >= 4 is 5.91 Å². The third-order valence-corrected chi connectivity index (χ3v) is 4.81.